The fourth-order valence-corrected chi connectivity index (χ4v) is 5.02. The van der Waals surface area contributed by atoms with Crippen molar-refractivity contribution in [3.8, 4) is 17.1 Å². The molecule has 2 fully saturated rings. The van der Waals surface area contributed by atoms with Gasteiger partial charge in [0.25, 0.3) is 0 Å². The molecule has 0 radical (unpaired) electrons. The van der Waals surface area contributed by atoms with Crippen LogP contribution in [0.1, 0.15) is 57.1 Å². The molecule has 0 spiro atoms. The van der Waals surface area contributed by atoms with Gasteiger partial charge in [0, 0.05) is 37.7 Å². The predicted molar refractivity (Wildman–Crippen MR) is 131 cm³/mol. The summed E-state index contributed by atoms with van der Waals surface area (Å²) >= 11 is 0. The number of nitrogens with one attached hydrogen (secondary N) is 1. The number of nitrogens with zero attached hydrogens (tertiary/aromatic N) is 4. The van der Waals surface area contributed by atoms with Gasteiger partial charge in [-0.3, -0.25) is 9.13 Å². The fourth-order valence-electron chi connectivity index (χ4n) is 5.02. The minimum atomic E-state index is -0.585. The van der Waals surface area contributed by atoms with Crippen molar-refractivity contribution in [2.75, 3.05) is 18.5 Å². The van der Waals surface area contributed by atoms with Gasteiger partial charge in [0.2, 0.25) is 5.95 Å². The van der Waals surface area contributed by atoms with Gasteiger partial charge in [-0.1, -0.05) is 12.1 Å². The Bertz CT molecular complexity index is 1200. The molecule has 8 nitrogen and oxygen atoms in total. The standard InChI is InChI=1S/C26H33N5O3/c1-18-4-3-5-21(16-18)31-23(17-30(25(31)32)20-9-14-34-15-10-20)22-8-13-27-24(29-22)28-19-6-11-26(2,33)12-7-19/h3-5,8,13,16-17,19-20,33H,6-7,9-12,14-15H2,1-2H3,(H,27,28,29). The fraction of sp³-hybridized carbons (Fsp3) is 0.500. The summed E-state index contributed by atoms with van der Waals surface area (Å²) < 4.78 is 9.12. The molecular weight excluding hydrogens is 430 g/mol. The van der Waals surface area contributed by atoms with E-state index in [9.17, 15) is 9.90 Å². The zero-order chi connectivity index (χ0) is 23.7. The minimum Gasteiger partial charge on any atom is -0.390 e. The third kappa shape index (κ3) is 4.79. The monoisotopic (exact) mass is 463 g/mol. The number of aryl methyl sites for hydroxylation is 1. The number of rotatable bonds is 5. The average Bonchev–Trinajstić information content (AvgIpc) is 3.18. The third-order valence-electron chi connectivity index (χ3n) is 7.07. The van der Waals surface area contributed by atoms with Crippen LogP contribution in [-0.4, -0.2) is 49.1 Å². The number of hydrogen-bond donors (Lipinski definition) is 2. The number of benzene rings is 1. The number of ether oxygens (including phenoxy) is 1. The molecular formula is C26H33N5O3. The Labute approximate surface area is 199 Å². The normalized spacial score (nSPS) is 23.7. The van der Waals surface area contributed by atoms with E-state index in [0.717, 1.165) is 55.5 Å². The Morgan fingerprint density at radius 3 is 2.65 bits per heavy atom. The molecule has 1 aliphatic carbocycles. The van der Waals surface area contributed by atoms with Crippen molar-refractivity contribution in [2.24, 2.45) is 0 Å². The summed E-state index contributed by atoms with van der Waals surface area (Å²) in [6.45, 7) is 5.25. The van der Waals surface area contributed by atoms with Crippen molar-refractivity contribution < 1.29 is 9.84 Å². The molecule has 0 amide bonds. The van der Waals surface area contributed by atoms with E-state index in [1.165, 1.54) is 0 Å². The summed E-state index contributed by atoms with van der Waals surface area (Å²) in [5.74, 6) is 0.547. The predicted octanol–water partition coefficient (Wildman–Crippen LogP) is 3.86. The van der Waals surface area contributed by atoms with Crippen LogP contribution < -0.4 is 11.0 Å². The summed E-state index contributed by atoms with van der Waals surface area (Å²) in [4.78, 5) is 22.9. The minimum absolute atomic E-state index is 0.0601. The van der Waals surface area contributed by atoms with E-state index >= 15 is 0 Å². The first-order valence-electron chi connectivity index (χ1n) is 12.2. The first kappa shape index (κ1) is 22.8. The lowest BCUT2D eigenvalue weighted by molar-refractivity contribution is 0.0195. The maximum absolute atomic E-state index is 13.6. The lowest BCUT2D eigenvalue weighted by atomic mass is 9.84. The maximum atomic E-state index is 13.6. The van der Waals surface area contributed by atoms with E-state index in [1.807, 2.05) is 54.9 Å². The molecule has 2 aliphatic rings. The van der Waals surface area contributed by atoms with Gasteiger partial charge in [0.05, 0.1) is 22.7 Å². The topological polar surface area (TPSA) is 94.2 Å². The Balaban J connectivity index is 1.51. The van der Waals surface area contributed by atoms with Gasteiger partial charge in [0.1, 0.15) is 0 Å². The van der Waals surface area contributed by atoms with E-state index in [-0.39, 0.29) is 17.8 Å². The Kier molecular flexibility index (Phi) is 6.27. The van der Waals surface area contributed by atoms with E-state index in [1.54, 1.807) is 10.8 Å². The Morgan fingerprint density at radius 1 is 1.15 bits per heavy atom. The molecule has 0 unspecified atom stereocenters. The maximum Gasteiger partial charge on any atom is 0.333 e. The molecule has 0 bridgehead atoms. The first-order valence-corrected chi connectivity index (χ1v) is 12.2. The third-order valence-corrected chi connectivity index (χ3v) is 7.07. The smallest absolute Gasteiger partial charge is 0.333 e. The second-order valence-corrected chi connectivity index (χ2v) is 9.90. The van der Waals surface area contributed by atoms with Crippen molar-refractivity contribution in [2.45, 2.75) is 70.1 Å². The Morgan fingerprint density at radius 2 is 1.91 bits per heavy atom. The molecule has 1 saturated heterocycles. The first-order chi connectivity index (χ1) is 16.4. The van der Waals surface area contributed by atoms with Crippen molar-refractivity contribution in [1.82, 2.24) is 19.1 Å². The Hall–Kier alpha value is -2.97. The quantitative estimate of drug-likeness (QED) is 0.597. The second kappa shape index (κ2) is 9.35. The van der Waals surface area contributed by atoms with Gasteiger partial charge in [-0.2, -0.15) is 0 Å². The van der Waals surface area contributed by atoms with Crippen LogP contribution in [0.3, 0.4) is 0 Å². The van der Waals surface area contributed by atoms with Crippen molar-refractivity contribution in [3.05, 3.63) is 58.8 Å². The summed E-state index contributed by atoms with van der Waals surface area (Å²) in [6.07, 6.45) is 8.56. The number of aliphatic hydroxyl groups is 1. The van der Waals surface area contributed by atoms with Crippen LogP contribution in [0, 0.1) is 6.92 Å². The van der Waals surface area contributed by atoms with Crippen LogP contribution in [0.25, 0.3) is 17.1 Å². The van der Waals surface area contributed by atoms with Gasteiger partial charge < -0.3 is 15.2 Å². The lowest BCUT2D eigenvalue weighted by Crippen LogP contribution is -2.36. The number of hydrogen-bond acceptors (Lipinski definition) is 6. The van der Waals surface area contributed by atoms with Gasteiger partial charge in [0.15, 0.2) is 0 Å². The molecule has 2 aromatic heterocycles. The van der Waals surface area contributed by atoms with Crippen LogP contribution >= 0.6 is 0 Å². The van der Waals surface area contributed by atoms with E-state index in [0.29, 0.717) is 24.9 Å². The van der Waals surface area contributed by atoms with Crippen LogP contribution in [0.2, 0.25) is 0 Å². The molecule has 0 atom stereocenters. The van der Waals surface area contributed by atoms with E-state index < -0.39 is 5.60 Å². The number of aromatic nitrogens is 4. The highest BCUT2D eigenvalue weighted by atomic mass is 16.5. The SMILES string of the molecule is Cc1cccc(-n2c(-c3ccnc(NC4CCC(C)(O)CC4)n3)cn(C3CCOCC3)c2=O)c1. The summed E-state index contributed by atoms with van der Waals surface area (Å²) in [7, 11) is 0. The molecule has 8 heteroatoms. The molecule has 2 N–H and O–H groups in total. The molecule has 3 heterocycles. The lowest BCUT2D eigenvalue weighted by Gasteiger charge is -2.33. The molecule has 1 aromatic carbocycles. The van der Waals surface area contributed by atoms with Crippen molar-refractivity contribution >= 4 is 5.95 Å². The number of anilines is 1. The van der Waals surface area contributed by atoms with E-state index in [2.05, 4.69) is 10.3 Å². The van der Waals surface area contributed by atoms with E-state index in [4.69, 9.17) is 9.72 Å². The van der Waals surface area contributed by atoms with Gasteiger partial charge in [-0.05, 0) is 76.1 Å². The number of imidazole rings is 1. The zero-order valence-electron chi connectivity index (χ0n) is 19.9. The van der Waals surface area contributed by atoms with Gasteiger partial charge in [-0.25, -0.2) is 14.8 Å². The molecule has 3 aromatic rings. The highest BCUT2D eigenvalue weighted by molar-refractivity contribution is 5.59. The molecule has 180 valence electrons. The second-order valence-electron chi connectivity index (χ2n) is 9.90. The van der Waals surface area contributed by atoms with Gasteiger partial charge >= 0.3 is 5.69 Å². The van der Waals surface area contributed by atoms with Crippen LogP contribution in [-0.2, 0) is 4.74 Å². The molecule has 5 rings (SSSR count). The summed E-state index contributed by atoms with van der Waals surface area (Å²) in [5, 5.41) is 13.7. The summed E-state index contributed by atoms with van der Waals surface area (Å²) in [6, 6.07) is 10.2. The largest absolute Gasteiger partial charge is 0.390 e. The zero-order valence-corrected chi connectivity index (χ0v) is 19.9. The van der Waals surface area contributed by atoms with Crippen LogP contribution in [0.4, 0.5) is 5.95 Å². The molecule has 1 saturated carbocycles. The highest BCUT2D eigenvalue weighted by Gasteiger charge is 2.29. The van der Waals surface area contributed by atoms with Crippen molar-refractivity contribution in [3.63, 3.8) is 0 Å². The molecule has 34 heavy (non-hydrogen) atoms. The van der Waals surface area contributed by atoms with Gasteiger partial charge in [-0.15, -0.1) is 0 Å². The average molecular weight is 464 g/mol. The highest BCUT2D eigenvalue weighted by Crippen LogP contribution is 2.30. The van der Waals surface area contributed by atoms with Crippen molar-refractivity contribution in [1.29, 1.82) is 0 Å². The summed E-state index contributed by atoms with van der Waals surface area (Å²) in [5.41, 5.74) is 2.72. The van der Waals surface area contributed by atoms with Crippen LogP contribution in [0.15, 0.2) is 47.5 Å². The molecule has 1 aliphatic heterocycles. The van der Waals surface area contributed by atoms with Crippen LogP contribution in [0.5, 0.6) is 0 Å².